The zero-order valence-corrected chi connectivity index (χ0v) is 11.2. The molecule has 1 aromatic heterocycles. The number of hydrogen-bond acceptors (Lipinski definition) is 2. The molecule has 0 atom stereocenters. The summed E-state index contributed by atoms with van der Waals surface area (Å²) in [5, 5.41) is 3.56. The van der Waals surface area contributed by atoms with Gasteiger partial charge < -0.3 is 9.73 Å². The first kappa shape index (κ1) is 12.7. The van der Waals surface area contributed by atoms with Crippen LogP contribution in [0.5, 0.6) is 0 Å². The molecule has 1 heterocycles. The molecule has 1 aliphatic carbocycles. The van der Waals surface area contributed by atoms with Crippen molar-refractivity contribution in [3.63, 3.8) is 0 Å². The number of nitrogens with one attached hydrogen (secondary N) is 1. The first-order valence-electron chi connectivity index (χ1n) is 7.00. The van der Waals surface area contributed by atoms with E-state index in [4.69, 9.17) is 4.42 Å². The highest BCUT2D eigenvalue weighted by Crippen LogP contribution is 2.34. The van der Waals surface area contributed by atoms with Crippen molar-refractivity contribution in [2.24, 2.45) is 5.41 Å². The van der Waals surface area contributed by atoms with Gasteiger partial charge in [0, 0.05) is 13.0 Å². The fourth-order valence-corrected chi connectivity index (χ4v) is 2.78. The van der Waals surface area contributed by atoms with Crippen molar-refractivity contribution in [1.29, 1.82) is 0 Å². The molecule has 0 bridgehead atoms. The lowest BCUT2D eigenvalue weighted by molar-refractivity contribution is 0.205. The van der Waals surface area contributed by atoms with E-state index in [1.54, 1.807) is 0 Å². The van der Waals surface area contributed by atoms with Crippen LogP contribution in [0.25, 0.3) is 0 Å². The van der Waals surface area contributed by atoms with E-state index >= 15 is 0 Å². The monoisotopic (exact) mass is 235 g/mol. The summed E-state index contributed by atoms with van der Waals surface area (Å²) < 4.78 is 5.69. The van der Waals surface area contributed by atoms with E-state index in [0.717, 1.165) is 31.0 Å². The number of hydrogen-bond donors (Lipinski definition) is 1. The van der Waals surface area contributed by atoms with Crippen LogP contribution in [0.15, 0.2) is 16.5 Å². The Kier molecular flexibility index (Phi) is 4.27. The molecular weight excluding hydrogens is 210 g/mol. The second-order valence-electron chi connectivity index (χ2n) is 5.70. The minimum Gasteiger partial charge on any atom is -0.465 e. The topological polar surface area (TPSA) is 25.2 Å². The summed E-state index contributed by atoms with van der Waals surface area (Å²) in [7, 11) is 0. The summed E-state index contributed by atoms with van der Waals surface area (Å²) in [5.41, 5.74) is 0.512. The van der Waals surface area contributed by atoms with Gasteiger partial charge in [-0.15, -0.1) is 0 Å². The molecule has 0 aromatic carbocycles. The fraction of sp³-hybridized carbons (Fsp3) is 0.733. The molecule has 0 amide bonds. The average molecular weight is 235 g/mol. The van der Waals surface area contributed by atoms with Gasteiger partial charge in [-0.05, 0) is 30.4 Å². The highest BCUT2D eigenvalue weighted by atomic mass is 16.3. The van der Waals surface area contributed by atoms with E-state index in [1.165, 1.54) is 32.1 Å². The van der Waals surface area contributed by atoms with Crippen molar-refractivity contribution in [3.8, 4) is 0 Å². The molecule has 1 saturated carbocycles. The molecule has 0 unspecified atom stereocenters. The van der Waals surface area contributed by atoms with Gasteiger partial charge in [-0.3, -0.25) is 0 Å². The lowest BCUT2D eigenvalue weighted by Gasteiger charge is -2.33. The molecule has 1 aromatic rings. The van der Waals surface area contributed by atoms with Crippen molar-refractivity contribution in [2.45, 2.75) is 58.9 Å². The Morgan fingerprint density at radius 2 is 1.88 bits per heavy atom. The molecule has 1 fully saturated rings. The molecule has 0 radical (unpaired) electrons. The normalized spacial score (nSPS) is 19.4. The van der Waals surface area contributed by atoms with Gasteiger partial charge in [-0.25, -0.2) is 0 Å². The molecule has 96 valence electrons. The second-order valence-corrected chi connectivity index (χ2v) is 5.70. The van der Waals surface area contributed by atoms with Crippen LogP contribution in [0.4, 0.5) is 0 Å². The molecule has 1 N–H and O–H groups in total. The van der Waals surface area contributed by atoms with E-state index < -0.39 is 0 Å². The van der Waals surface area contributed by atoms with E-state index in [0.29, 0.717) is 5.41 Å². The minimum absolute atomic E-state index is 0.512. The Morgan fingerprint density at radius 1 is 1.18 bits per heavy atom. The Morgan fingerprint density at radius 3 is 2.53 bits per heavy atom. The van der Waals surface area contributed by atoms with Crippen LogP contribution >= 0.6 is 0 Å². The quantitative estimate of drug-likeness (QED) is 0.837. The molecule has 17 heavy (non-hydrogen) atoms. The Labute approximate surface area is 105 Å². The summed E-state index contributed by atoms with van der Waals surface area (Å²) in [6.45, 7) is 6.53. The van der Waals surface area contributed by atoms with Crippen molar-refractivity contribution in [3.05, 3.63) is 23.7 Å². The summed E-state index contributed by atoms with van der Waals surface area (Å²) in [4.78, 5) is 0. The molecule has 0 spiro atoms. The third-order valence-corrected chi connectivity index (χ3v) is 3.98. The predicted molar refractivity (Wildman–Crippen MR) is 71.0 cm³/mol. The smallest absolute Gasteiger partial charge is 0.117 e. The summed E-state index contributed by atoms with van der Waals surface area (Å²) >= 11 is 0. The van der Waals surface area contributed by atoms with Gasteiger partial charge in [-0.1, -0.05) is 33.1 Å². The van der Waals surface area contributed by atoms with Crippen LogP contribution in [0.1, 0.15) is 57.5 Å². The largest absolute Gasteiger partial charge is 0.465 e. The number of furan rings is 1. The molecule has 2 heteroatoms. The lowest BCUT2D eigenvalue weighted by Crippen LogP contribution is -2.33. The summed E-state index contributed by atoms with van der Waals surface area (Å²) in [5.74, 6) is 2.16. The molecular formula is C15H25NO. The molecule has 0 aliphatic heterocycles. The Balaban J connectivity index is 1.74. The van der Waals surface area contributed by atoms with Crippen LogP contribution in [0.2, 0.25) is 0 Å². The SMILES string of the molecule is CCc1ccc(CNCC2(C)CCCCC2)o1. The number of aryl methyl sites for hydroxylation is 1. The summed E-state index contributed by atoms with van der Waals surface area (Å²) in [6, 6.07) is 4.17. The van der Waals surface area contributed by atoms with Gasteiger partial charge in [-0.2, -0.15) is 0 Å². The molecule has 2 nitrogen and oxygen atoms in total. The van der Waals surface area contributed by atoms with E-state index in [9.17, 15) is 0 Å². The first-order chi connectivity index (χ1) is 8.22. The van der Waals surface area contributed by atoms with E-state index in [-0.39, 0.29) is 0 Å². The maximum absolute atomic E-state index is 5.69. The average Bonchev–Trinajstić information content (AvgIpc) is 2.78. The summed E-state index contributed by atoms with van der Waals surface area (Å²) in [6.07, 6.45) is 7.96. The van der Waals surface area contributed by atoms with Crippen LogP contribution in [0.3, 0.4) is 0 Å². The van der Waals surface area contributed by atoms with E-state index in [1.807, 2.05) is 0 Å². The van der Waals surface area contributed by atoms with Gasteiger partial charge in [0.1, 0.15) is 11.5 Å². The Hall–Kier alpha value is -0.760. The van der Waals surface area contributed by atoms with Crippen LogP contribution < -0.4 is 5.32 Å². The van der Waals surface area contributed by atoms with Gasteiger partial charge >= 0.3 is 0 Å². The van der Waals surface area contributed by atoms with E-state index in [2.05, 4.69) is 31.3 Å². The van der Waals surface area contributed by atoms with Gasteiger partial charge in [0.05, 0.1) is 6.54 Å². The second kappa shape index (κ2) is 5.72. The highest BCUT2D eigenvalue weighted by Gasteiger charge is 2.26. The Bertz CT molecular complexity index is 336. The molecule has 2 rings (SSSR count). The van der Waals surface area contributed by atoms with Crippen molar-refractivity contribution >= 4 is 0 Å². The first-order valence-corrected chi connectivity index (χ1v) is 7.00. The highest BCUT2D eigenvalue weighted by molar-refractivity contribution is 5.06. The predicted octanol–water partition coefficient (Wildman–Crippen LogP) is 3.90. The van der Waals surface area contributed by atoms with Crippen LogP contribution in [-0.4, -0.2) is 6.54 Å². The van der Waals surface area contributed by atoms with Crippen molar-refractivity contribution < 1.29 is 4.42 Å². The zero-order chi connectivity index (χ0) is 12.1. The molecule has 1 aliphatic rings. The van der Waals surface area contributed by atoms with Crippen LogP contribution in [-0.2, 0) is 13.0 Å². The van der Waals surface area contributed by atoms with Gasteiger partial charge in [0.2, 0.25) is 0 Å². The van der Waals surface area contributed by atoms with Crippen molar-refractivity contribution in [1.82, 2.24) is 5.32 Å². The van der Waals surface area contributed by atoms with Gasteiger partial charge in [0.15, 0.2) is 0 Å². The van der Waals surface area contributed by atoms with Gasteiger partial charge in [0.25, 0.3) is 0 Å². The maximum atomic E-state index is 5.69. The fourth-order valence-electron chi connectivity index (χ4n) is 2.78. The zero-order valence-electron chi connectivity index (χ0n) is 11.2. The van der Waals surface area contributed by atoms with Crippen LogP contribution in [0, 0.1) is 5.41 Å². The number of rotatable bonds is 5. The third kappa shape index (κ3) is 3.60. The van der Waals surface area contributed by atoms with Crippen molar-refractivity contribution in [2.75, 3.05) is 6.54 Å². The lowest BCUT2D eigenvalue weighted by atomic mass is 9.76. The standard InChI is InChI=1S/C15H25NO/c1-3-13-7-8-14(17-13)11-16-12-15(2)9-5-4-6-10-15/h7-8,16H,3-6,9-12H2,1-2H3. The minimum atomic E-state index is 0.512. The molecule has 0 saturated heterocycles. The maximum Gasteiger partial charge on any atom is 0.117 e. The third-order valence-electron chi connectivity index (χ3n) is 3.98.